The first-order valence-electron chi connectivity index (χ1n) is 11.5. The Morgan fingerprint density at radius 3 is 2.34 bits per heavy atom. The van der Waals surface area contributed by atoms with E-state index in [4.69, 9.17) is 0 Å². The van der Waals surface area contributed by atoms with Gasteiger partial charge >= 0.3 is 0 Å². The van der Waals surface area contributed by atoms with Crippen molar-refractivity contribution in [3.05, 3.63) is 82.4 Å². The Bertz CT molecular complexity index is 1050. The zero-order valence-corrected chi connectivity index (χ0v) is 19.4. The predicted molar refractivity (Wildman–Crippen MR) is 129 cm³/mol. The Morgan fingerprint density at radius 1 is 0.969 bits per heavy atom. The van der Waals surface area contributed by atoms with E-state index in [-0.39, 0.29) is 11.3 Å². The third kappa shape index (κ3) is 4.71. The molecule has 4 heteroatoms. The lowest BCUT2D eigenvalue weighted by molar-refractivity contribution is -0.127. The summed E-state index contributed by atoms with van der Waals surface area (Å²) in [5.74, 6) is 2.34. The lowest BCUT2D eigenvalue weighted by Gasteiger charge is -2.32. The van der Waals surface area contributed by atoms with Gasteiger partial charge in [0.05, 0.1) is 0 Å². The SMILES string of the molecule is CC(C)(C)c1ccc(C(=C=O)N2CCC3=C(CCCN(Cc4ccccc4)C3=O)C2)cc1. The second-order valence-electron chi connectivity index (χ2n) is 9.85. The van der Waals surface area contributed by atoms with E-state index in [2.05, 4.69) is 55.9 Å². The summed E-state index contributed by atoms with van der Waals surface area (Å²) in [6.45, 7) is 9.26. The van der Waals surface area contributed by atoms with Crippen LogP contribution in [0, 0.1) is 0 Å². The number of hydrogen-bond acceptors (Lipinski definition) is 3. The summed E-state index contributed by atoms with van der Waals surface area (Å²) in [6.07, 6.45) is 2.52. The fourth-order valence-corrected chi connectivity index (χ4v) is 4.67. The van der Waals surface area contributed by atoms with Crippen molar-refractivity contribution in [1.82, 2.24) is 9.80 Å². The molecule has 166 valence electrons. The molecule has 2 aliphatic heterocycles. The van der Waals surface area contributed by atoms with Gasteiger partial charge in [0.15, 0.2) is 5.94 Å². The van der Waals surface area contributed by atoms with Crippen LogP contribution in [0.3, 0.4) is 0 Å². The van der Waals surface area contributed by atoms with E-state index in [1.54, 1.807) is 0 Å². The maximum absolute atomic E-state index is 13.3. The van der Waals surface area contributed by atoms with Crippen LogP contribution >= 0.6 is 0 Å². The molecule has 2 aromatic rings. The molecule has 0 bridgehead atoms. The minimum atomic E-state index is 0.0702. The number of amides is 1. The van der Waals surface area contributed by atoms with E-state index < -0.39 is 0 Å². The van der Waals surface area contributed by atoms with Gasteiger partial charge in [0.1, 0.15) is 5.70 Å². The van der Waals surface area contributed by atoms with E-state index in [1.165, 1.54) is 11.1 Å². The minimum Gasteiger partial charge on any atom is -0.358 e. The number of benzene rings is 2. The zero-order valence-electron chi connectivity index (χ0n) is 19.4. The molecular weight excluding hydrogens is 396 g/mol. The highest BCUT2D eigenvalue weighted by Gasteiger charge is 2.30. The molecule has 0 aliphatic carbocycles. The zero-order chi connectivity index (χ0) is 22.7. The molecule has 0 saturated carbocycles. The van der Waals surface area contributed by atoms with Gasteiger partial charge in [-0.2, -0.15) is 0 Å². The molecule has 2 heterocycles. The quantitative estimate of drug-likeness (QED) is 0.645. The number of hydrogen-bond donors (Lipinski definition) is 0. The monoisotopic (exact) mass is 428 g/mol. The molecule has 0 fully saturated rings. The highest BCUT2D eigenvalue weighted by atomic mass is 16.2. The molecule has 0 aromatic heterocycles. The molecule has 0 unspecified atom stereocenters. The summed E-state index contributed by atoms with van der Waals surface area (Å²) in [6, 6.07) is 18.4. The fourth-order valence-electron chi connectivity index (χ4n) is 4.67. The average Bonchev–Trinajstić information content (AvgIpc) is 2.93. The Kier molecular flexibility index (Phi) is 6.34. The first kappa shape index (κ1) is 22.1. The minimum absolute atomic E-state index is 0.0702. The predicted octanol–water partition coefficient (Wildman–Crippen LogP) is 4.98. The molecule has 4 nitrogen and oxygen atoms in total. The van der Waals surface area contributed by atoms with E-state index >= 15 is 0 Å². The lowest BCUT2D eigenvalue weighted by atomic mass is 9.86. The van der Waals surface area contributed by atoms with Crippen molar-refractivity contribution in [1.29, 1.82) is 0 Å². The van der Waals surface area contributed by atoms with E-state index in [0.29, 0.717) is 31.8 Å². The Hall–Kier alpha value is -3.10. The van der Waals surface area contributed by atoms with E-state index in [1.807, 2.05) is 35.2 Å². The smallest absolute Gasteiger partial charge is 0.250 e. The molecule has 32 heavy (non-hydrogen) atoms. The topological polar surface area (TPSA) is 40.6 Å². The van der Waals surface area contributed by atoms with Crippen molar-refractivity contribution in [3.63, 3.8) is 0 Å². The van der Waals surface area contributed by atoms with Gasteiger partial charge in [-0.3, -0.25) is 4.79 Å². The largest absolute Gasteiger partial charge is 0.358 e. The first-order chi connectivity index (χ1) is 15.4. The molecule has 2 aromatic carbocycles. The van der Waals surface area contributed by atoms with Crippen molar-refractivity contribution in [3.8, 4) is 0 Å². The number of nitrogens with zero attached hydrogens (tertiary/aromatic N) is 2. The fraction of sp³-hybridized carbons (Fsp3) is 0.393. The van der Waals surface area contributed by atoms with Gasteiger partial charge in [-0.1, -0.05) is 75.4 Å². The maximum Gasteiger partial charge on any atom is 0.250 e. The van der Waals surface area contributed by atoms with Gasteiger partial charge in [-0.15, -0.1) is 0 Å². The van der Waals surface area contributed by atoms with E-state index in [9.17, 15) is 9.59 Å². The Balaban J connectivity index is 1.51. The Morgan fingerprint density at radius 2 is 1.69 bits per heavy atom. The van der Waals surface area contributed by atoms with Crippen LogP contribution in [0.1, 0.15) is 56.7 Å². The normalized spacial score (nSPS) is 17.0. The molecule has 2 aliphatic rings. The molecular formula is C28H32N2O2. The summed E-state index contributed by atoms with van der Waals surface area (Å²) in [5, 5.41) is 0. The highest BCUT2D eigenvalue weighted by Crippen LogP contribution is 2.32. The number of carbonyl (C=O) groups excluding carboxylic acids is 2. The van der Waals surface area contributed by atoms with Crippen molar-refractivity contribution in [2.45, 2.75) is 52.0 Å². The Labute approximate surface area is 191 Å². The van der Waals surface area contributed by atoms with E-state index in [0.717, 1.165) is 36.1 Å². The lowest BCUT2D eigenvalue weighted by Crippen LogP contribution is -2.36. The molecule has 4 rings (SSSR count). The van der Waals surface area contributed by atoms with Gasteiger partial charge in [-0.25, -0.2) is 4.79 Å². The molecule has 0 N–H and O–H groups in total. The van der Waals surface area contributed by atoms with Crippen molar-refractivity contribution < 1.29 is 9.59 Å². The van der Waals surface area contributed by atoms with Crippen LogP contribution in [0.5, 0.6) is 0 Å². The second-order valence-corrected chi connectivity index (χ2v) is 9.85. The first-order valence-corrected chi connectivity index (χ1v) is 11.5. The standard InChI is InChI=1S/C28H32N2O2/c1-28(2,3)24-13-11-22(12-14-24)26(20-31)29-17-15-25-23(19-29)10-7-16-30(27(25)32)18-21-8-5-4-6-9-21/h4-6,8-9,11-14H,7,10,15-19H2,1-3H3. The van der Waals surface area contributed by atoms with Gasteiger partial charge in [0.25, 0.3) is 0 Å². The molecule has 0 spiro atoms. The van der Waals surface area contributed by atoms with Crippen LogP contribution in [0.25, 0.3) is 5.70 Å². The molecule has 0 atom stereocenters. The molecule has 1 amide bonds. The van der Waals surface area contributed by atoms with Crippen LogP contribution in [0.15, 0.2) is 65.7 Å². The van der Waals surface area contributed by atoms with Crippen LogP contribution in [-0.4, -0.2) is 41.3 Å². The maximum atomic E-state index is 13.3. The summed E-state index contributed by atoms with van der Waals surface area (Å²) in [5.41, 5.74) is 6.08. The van der Waals surface area contributed by atoms with Gasteiger partial charge in [0, 0.05) is 37.3 Å². The second kappa shape index (κ2) is 9.18. The number of rotatable bonds is 4. The molecule has 0 radical (unpaired) electrons. The van der Waals surface area contributed by atoms with Crippen LogP contribution in [-0.2, 0) is 21.5 Å². The third-order valence-corrected chi connectivity index (χ3v) is 6.55. The third-order valence-electron chi connectivity index (χ3n) is 6.55. The van der Waals surface area contributed by atoms with Gasteiger partial charge in [0.2, 0.25) is 5.91 Å². The highest BCUT2D eigenvalue weighted by molar-refractivity contribution is 5.95. The van der Waals surface area contributed by atoms with Crippen molar-refractivity contribution in [2.75, 3.05) is 19.6 Å². The van der Waals surface area contributed by atoms with Gasteiger partial charge in [-0.05, 0) is 41.4 Å². The average molecular weight is 429 g/mol. The summed E-state index contributed by atoms with van der Waals surface area (Å²) in [7, 11) is 0. The molecule has 0 saturated heterocycles. The van der Waals surface area contributed by atoms with Gasteiger partial charge < -0.3 is 9.80 Å². The number of carbonyl (C=O) groups is 1. The summed E-state index contributed by atoms with van der Waals surface area (Å²) >= 11 is 0. The van der Waals surface area contributed by atoms with Crippen LogP contribution < -0.4 is 0 Å². The van der Waals surface area contributed by atoms with Crippen LogP contribution in [0.2, 0.25) is 0 Å². The summed E-state index contributed by atoms with van der Waals surface area (Å²) < 4.78 is 0. The summed E-state index contributed by atoms with van der Waals surface area (Å²) in [4.78, 5) is 29.3. The van der Waals surface area contributed by atoms with Crippen LogP contribution in [0.4, 0.5) is 0 Å². The van der Waals surface area contributed by atoms with Crippen molar-refractivity contribution in [2.24, 2.45) is 0 Å². The van der Waals surface area contributed by atoms with Crippen molar-refractivity contribution >= 4 is 17.5 Å².